The van der Waals surface area contributed by atoms with Gasteiger partial charge in [0.15, 0.2) is 11.5 Å². The second-order valence-electron chi connectivity index (χ2n) is 8.16. The number of hydrogen-bond donors (Lipinski definition) is 0. The quantitative estimate of drug-likeness (QED) is 0.315. The van der Waals surface area contributed by atoms with E-state index in [2.05, 4.69) is 21.0 Å². The van der Waals surface area contributed by atoms with E-state index in [1.807, 2.05) is 68.4 Å². The van der Waals surface area contributed by atoms with E-state index in [0.717, 1.165) is 21.3 Å². The number of nitrogens with zero attached hydrogens (tertiary/aromatic N) is 3. The molecule has 0 saturated carbocycles. The summed E-state index contributed by atoms with van der Waals surface area (Å²) >= 11 is 3.43. The fourth-order valence-electron chi connectivity index (χ4n) is 3.68. The molecule has 1 aromatic heterocycles. The molecule has 0 aliphatic carbocycles. The second kappa shape index (κ2) is 9.30. The van der Waals surface area contributed by atoms with Crippen molar-refractivity contribution in [3.63, 3.8) is 0 Å². The summed E-state index contributed by atoms with van der Waals surface area (Å²) in [4.78, 5) is 17.9. The largest absolute Gasteiger partial charge is 0.488 e. The van der Waals surface area contributed by atoms with Crippen molar-refractivity contribution < 1.29 is 14.2 Å². The number of hydrogen-bond acceptors (Lipinski definition) is 6. The van der Waals surface area contributed by atoms with Crippen LogP contribution in [0.1, 0.15) is 36.7 Å². The molecule has 3 aromatic carbocycles. The summed E-state index contributed by atoms with van der Waals surface area (Å²) in [7, 11) is 0. The van der Waals surface area contributed by atoms with Gasteiger partial charge in [-0.2, -0.15) is 9.78 Å². The summed E-state index contributed by atoms with van der Waals surface area (Å²) in [5.41, 5.74) is 2.14. The van der Waals surface area contributed by atoms with E-state index in [4.69, 9.17) is 19.2 Å². The SMILES string of the molecule is CC(C)c1nc2ccc(Br)cc2c(=O)n1N=Cc1ccccc1OCc1ccc2c(c1)OCO2. The molecule has 1 aliphatic rings. The summed E-state index contributed by atoms with van der Waals surface area (Å²) < 4.78 is 19.1. The van der Waals surface area contributed by atoms with Crippen molar-refractivity contribution in [2.24, 2.45) is 5.10 Å². The molecule has 0 amide bonds. The fourth-order valence-corrected chi connectivity index (χ4v) is 4.04. The molecule has 1 aliphatic heterocycles. The molecule has 0 bridgehead atoms. The van der Waals surface area contributed by atoms with Gasteiger partial charge in [-0.1, -0.05) is 48.0 Å². The molecule has 0 radical (unpaired) electrons. The Labute approximate surface area is 204 Å². The van der Waals surface area contributed by atoms with E-state index in [1.165, 1.54) is 4.68 Å². The van der Waals surface area contributed by atoms with Gasteiger partial charge in [0.2, 0.25) is 6.79 Å². The maximum Gasteiger partial charge on any atom is 0.282 e. The maximum absolute atomic E-state index is 13.3. The highest BCUT2D eigenvalue weighted by Crippen LogP contribution is 2.33. The van der Waals surface area contributed by atoms with Gasteiger partial charge < -0.3 is 14.2 Å². The molecule has 0 atom stereocenters. The van der Waals surface area contributed by atoms with E-state index in [-0.39, 0.29) is 18.3 Å². The van der Waals surface area contributed by atoms with Gasteiger partial charge in [0.25, 0.3) is 5.56 Å². The summed E-state index contributed by atoms with van der Waals surface area (Å²) in [5.74, 6) is 2.70. The molecule has 4 aromatic rings. The van der Waals surface area contributed by atoms with Crippen molar-refractivity contribution in [2.75, 3.05) is 6.79 Å². The predicted octanol–water partition coefficient (Wildman–Crippen LogP) is 5.47. The van der Waals surface area contributed by atoms with E-state index >= 15 is 0 Å². The first kappa shape index (κ1) is 22.2. The van der Waals surface area contributed by atoms with Crippen LogP contribution in [-0.2, 0) is 6.61 Å². The average molecular weight is 520 g/mol. The molecule has 34 heavy (non-hydrogen) atoms. The zero-order valence-corrected chi connectivity index (χ0v) is 20.3. The fraction of sp³-hybridized carbons (Fsp3) is 0.192. The third-order valence-electron chi connectivity index (χ3n) is 5.41. The third kappa shape index (κ3) is 4.41. The topological polar surface area (TPSA) is 74.9 Å². The average Bonchev–Trinajstić information content (AvgIpc) is 3.31. The van der Waals surface area contributed by atoms with Crippen LogP contribution < -0.4 is 19.8 Å². The molecular weight excluding hydrogens is 498 g/mol. The lowest BCUT2D eigenvalue weighted by atomic mass is 10.2. The number of fused-ring (bicyclic) bond motifs is 2. The van der Waals surface area contributed by atoms with Crippen LogP contribution in [0.5, 0.6) is 17.2 Å². The van der Waals surface area contributed by atoms with E-state index in [0.29, 0.717) is 34.8 Å². The van der Waals surface area contributed by atoms with Crippen LogP contribution in [0.15, 0.2) is 75.0 Å². The van der Waals surface area contributed by atoms with Gasteiger partial charge in [0.1, 0.15) is 18.2 Å². The number of rotatable bonds is 6. The summed E-state index contributed by atoms with van der Waals surface area (Å²) in [5, 5.41) is 5.03. The Morgan fingerprint density at radius 2 is 1.94 bits per heavy atom. The Hall–Kier alpha value is -3.65. The van der Waals surface area contributed by atoms with Gasteiger partial charge in [-0.05, 0) is 48.0 Å². The van der Waals surface area contributed by atoms with Gasteiger partial charge in [-0.25, -0.2) is 4.98 Å². The Balaban J connectivity index is 1.45. The van der Waals surface area contributed by atoms with E-state index in [9.17, 15) is 4.79 Å². The first-order chi connectivity index (χ1) is 16.5. The van der Waals surface area contributed by atoms with E-state index in [1.54, 1.807) is 12.3 Å². The van der Waals surface area contributed by atoms with Crippen molar-refractivity contribution >= 4 is 33.0 Å². The van der Waals surface area contributed by atoms with Crippen molar-refractivity contribution in [1.29, 1.82) is 0 Å². The molecule has 0 spiro atoms. The zero-order chi connectivity index (χ0) is 23.7. The molecule has 0 N–H and O–H groups in total. The number of aromatic nitrogens is 2. The lowest BCUT2D eigenvalue weighted by Crippen LogP contribution is -2.23. The lowest BCUT2D eigenvalue weighted by Gasteiger charge is -2.12. The molecule has 8 heteroatoms. The molecular formula is C26H22BrN3O4. The van der Waals surface area contributed by atoms with Crippen LogP contribution in [0.25, 0.3) is 10.9 Å². The van der Waals surface area contributed by atoms with Crippen LogP contribution in [0.3, 0.4) is 0 Å². The molecule has 2 heterocycles. The number of halogens is 1. The summed E-state index contributed by atoms with van der Waals surface area (Å²) in [6, 6.07) is 18.8. The van der Waals surface area contributed by atoms with Crippen LogP contribution >= 0.6 is 15.9 Å². The van der Waals surface area contributed by atoms with Crippen molar-refractivity contribution in [3.05, 3.63) is 92.4 Å². The normalized spacial score (nSPS) is 12.7. The maximum atomic E-state index is 13.3. The van der Waals surface area contributed by atoms with Crippen molar-refractivity contribution in [1.82, 2.24) is 9.66 Å². The minimum atomic E-state index is -0.218. The Morgan fingerprint density at radius 3 is 2.79 bits per heavy atom. The smallest absolute Gasteiger partial charge is 0.282 e. The van der Waals surface area contributed by atoms with Crippen LogP contribution in [0.4, 0.5) is 0 Å². The summed E-state index contributed by atoms with van der Waals surface area (Å²) in [6.07, 6.45) is 1.63. The molecule has 0 saturated heterocycles. The molecule has 5 rings (SSSR count). The Bertz CT molecular complexity index is 1460. The predicted molar refractivity (Wildman–Crippen MR) is 134 cm³/mol. The second-order valence-corrected chi connectivity index (χ2v) is 9.08. The van der Waals surface area contributed by atoms with Gasteiger partial charge in [-0.3, -0.25) is 4.79 Å². The van der Waals surface area contributed by atoms with Crippen molar-refractivity contribution in [2.45, 2.75) is 26.4 Å². The van der Waals surface area contributed by atoms with Crippen molar-refractivity contribution in [3.8, 4) is 17.2 Å². The zero-order valence-electron chi connectivity index (χ0n) is 18.7. The molecule has 0 unspecified atom stereocenters. The van der Waals surface area contributed by atoms with Gasteiger partial charge >= 0.3 is 0 Å². The highest BCUT2D eigenvalue weighted by molar-refractivity contribution is 9.10. The van der Waals surface area contributed by atoms with Crippen LogP contribution in [0.2, 0.25) is 0 Å². The third-order valence-corrected chi connectivity index (χ3v) is 5.91. The number of benzene rings is 3. The van der Waals surface area contributed by atoms with Gasteiger partial charge in [0, 0.05) is 16.0 Å². The van der Waals surface area contributed by atoms with Crippen LogP contribution in [0, 0.1) is 0 Å². The molecule has 0 fully saturated rings. The summed E-state index contributed by atoms with van der Waals surface area (Å²) in [6.45, 7) is 4.56. The highest BCUT2D eigenvalue weighted by atomic mass is 79.9. The number of ether oxygens (including phenoxy) is 3. The monoisotopic (exact) mass is 519 g/mol. The van der Waals surface area contributed by atoms with Gasteiger partial charge in [-0.15, -0.1) is 0 Å². The Kier molecular flexibility index (Phi) is 6.06. The molecule has 7 nitrogen and oxygen atoms in total. The van der Waals surface area contributed by atoms with Crippen LogP contribution in [-0.4, -0.2) is 22.7 Å². The van der Waals surface area contributed by atoms with Gasteiger partial charge in [0.05, 0.1) is 17.1 Å². The standard InChI is InChI=1S/C26H22BrN3O4/c1-16(2)25-29-21-9-8-19(27)12-20(21)26(31)30(25)28-13-18-5-3-4-6-22(18)32-14-17-7-10-23-24(11-17)34-15-33-23/h3-13,16H,14-15H2,1-2H3. The molecule has 172 valence electrons. The first-order valence-electron chi connectivity index (χ1n) is 10.9. The van der Waals surface area contributed by atoms with E-state index < -0.39 is 0 Å². The number of para-hydroxylation sites is 1. The minimum Gasteiger partial charge on any atom is -0.488 e. The highest BCUT2D eigenvalue weighted by Gasteiger charge is 2.15. The lowest BCUT2D eigenvalue weighted by molar-refractivity contribution is 0.174. The first-order valence-corrected chi connectivity index (χ1v) is 11.7. The minimum absolute atomic E-state index is 0.00963. The Morgan fingerprint density at radius 1 is 1.12 bits per heavy atom.